The molecule has 1 fully saturated rings. The fourth-order valence-electron chi connectivity index (χ4n) is 2.80. The highest BCUT2D eigenvalue weighted by Gasteiger charge is 2.16. The molecule has 2 amide bonds. The molecule has 5 nitrogen and oxygen atoms in total. The van der Waals surface area contributed by atoms with Gasteiger partial charge in [0.15, 0.2) is 0 Å². The molecule has 0 spiro atoms. The molecule has 0 atom stereocenters. The number of rotatable bonds is 5. The molecule has 1 heterocycles. The maximum Gasteiger partial charge on any atom is 0.251 e. The number of nitrogens with two attached hydrogens (primary N) is 1. The third-order valence-electron chi connectivity index (χ3n) is 4.14. The smallest absolute Gasteiger partial charge is 0.251 e. The zero-order valence-corrected chi connectivity index (χ0v) is 13.7. The van der Waals surface area contributed by atoms with Crippen LogP contribution in [0.4, 0.5) is 0 Å². The first-order valence-corrected chi connectivity index (χ1v) is 7.48. The first-order chi connectivity index (χ1) is 10.1. The predicted octanol–water partition coefficient (Wildman–Crippen LogP) is 1.64. The minimum atomic E-state index is -0.503. The van der Waals surface area contributed by atoms with Crippen molar-refractivity contribution in [2.75, 3.05) is 19.6 Å². The predicted molar refractivity (Wildman–Crippen MR) is 89.5 cm³/mol. The van der Waals surface area contributed by atoms with Crippen molar-refractivity contribution < 1.29 is 9.59 Å². The summed E-state index contributed by atoms with van der Waals surface area (Å²) in [5, 5.41) is 6.27. The minimum absolute atomic E-state index is 0. The maximum atomic E-state index is 12.2. The monoisotopic (exact) mass is 325 g/mol. The van der Waals surface area contributed by atoms with Crippen LogP contribution in [-0.4, -0.2) is 31.4 Å². The van der Waals surface area contributed by atoms with Gasteiger partial charge >= 0.3 is 0 Å². The number of carbonyl (C=O) groups excluding carboxylic acids is 2. The van der Waals surface area contributed by atoms with E-state index in [1.54, 1.807) is 25.1 Å². The van der Waals surface area contributed by atoms with Crippen LogP contribution in [0.15, 0.2) is 18.2 Å². The third kappa shape index (κ3) is 4.71. The molecule has 122 valence electrons. The Bertz CT molecular complexity index is 528. The van der Waals surface area contributed by atoms with Crippen molar-refractivity contribution in [3.05, 3.63) is 34.9 Å². The van der Waals surface area contributed by atoms with Crippen molar-refractivity contribution in [2.45, 2.75) is 26.2 Å². The van der Waals surface area contributed by atoms with E-state index in [1.165, 1.54) is 12.8 Å². The highest BCUT2D eigenvalue weighted by molar-refractivity contribution is 6.01. The summed E-state index contributed by atoms with van der Waals surface area (Å²) < 4.78 is 0. The van der Waals surface area contributed by atoms with Gasteiger partial charge < -0.3 is 16.4 Å². The number of primary amides is 1. The Balaban J connectivity index is 0.00000242. The average Bonchev–Trinajstić information content (AvgIpc) is 2.48. The topological polar surface area (TPSA) is 84.2 Å². The summed E-state index contributed by atoms with van der Waals surface area (Å²) in [4.78, 5) is 23.5. The number of carbonyl (C=O) groups is 2. The van der Waals surface area contributed by atoms with Gasteiger partial charge in [0.05, 0.1) is 0 Å². The number of hydrogen-bond acceptors (Lipinski definition) is 3. The molecule has 0 bridgehead atoms. The Morgan fingerprint density at radius 3 is 2.55 bits per heavy atom. The lowest BCUT2D eigenvalue weighted by molar-refractivity contribution is 0.0950. The number of amides is 2. The van der Waals surface area contributed by atoms with Crippen molar-refractivity contribution in [3.63, 3.8) is 0 Å². The van der Waals surface area contributed by atoms with E-state index in [0.717, 1.165) is 19.5 Å². The molecule has 0 aliphatic carbocycles. The lowest BCUT2D eigenvalue weighted by Gasteiger charge is -2.22. The van der Waals surface area contributed by atoms with E-state index in [9.17, 15) is 9.59 Å². The van der Waals surface area contributed by atoms with Crippen molar-refractivity contribution in [2.24, 2.45) is 11.7 Å². The van der Waals surface area contributed by atoms with E-state index in [2.05, 4.69) is 10.6 Å². The number of nitrogens with one attached hydrogen (secondary N) is 2. The molecule has 0 unspecified atom stereocenters. The standard InChI is InChI=1S/C16H23N3O2.ClH/c1-11-13(15(17)20)3-2-4-14(11)16(21)19-10-7-12-5-8-18-9-6-12;/h2-4,12,18H,5-10H2,1H3,(H2,17,20)(H,19,21);1H. The molecular weight excluding hydrogens is 302 g/mol. The van der Waals surface area contributed by atoms with Crippen molar-refractivity contribution in [3.8, 4) is 0 Å². The van der Waals surface area contributed by atoms with Crippen LogP contribution in [0.25, 0.3) is 0 Å². The van der Waals surface area contributed by atoms with Crippen LogP contribution in [0.1, 0.15) is 45.5 Å². The Kier molecular flexibility index (Phi) is 7.35. The first-order valence-electron chi connectivity index (χ1n) is 7.48. The molecule has 2 rings (SSSR count). The van der Waals surface area contributed by atoms with E-state index < -0.39 is 5.91 Å². The first kappa shape index (κ1) is 18.5. The van der Waals surface area contributed by atoms with Gasteiger partial charge in [0, 0.05) is 17.7 Å². The Labute approximate surface area is 137 Å². The minimum Gasteiger partial charge on any atom is -0.366 e. The van der Waals surface area contributed by atoms with Crippen LogP contribution in [0.2, 0.25) is 0 Å². The summed E-state index contributed by atoms with van der Waals surface area (Å²) in [5.41, 5.74) is 6.88. The summed E-state index contributed by atoms with van der Waals surface area (Å²) in [6.45, 7) is 4.56. The summed E-state index contributed by atoms with van der Waals surface area (Å²) in [6, 6.07) is 5.06. The summed E-state index contributed by atoms with van der Waals surface area (Å²) >= 11 is 0. The molecule has 0 saturated carbocycles. The molecule has 0 radical (unpaired) electrons. The quantitative estimate of drug-likeness (QED) is 0.769. The van der Waals surface area contributed by atoms with Crippen LogP contribution >= 0.6 is 12.4 Å². The molecule has 1 saturated heterocycles. The summed E-state index contributed by atoms with van der Waals surface area (Å²) in [7, 11) is 0. The highest BCUT2D eigenvalue weighted by atomic mass is 35.5. The molecule has 6 heteroatoms. The second-order valence-electron chi connectivity index (χ2n) is 5.58. The van der Waals surface area contributed by atoms with E-state index >= 15 is 0 Å². The fraction of sp³-hybridized carbons (Fsp3) is 0.500. The zero-order valence-electron chi connectivity index (χ0n) is 12.9. The number of hydrogen-bond donors (Lipinski definition) is 3. The van der Waals surface area contributed by atoms with Crippen molar-refractivity contribution >= 4 is 24.2 Å². The van der Waals surface area contributed by atoms with E-state index in [4.69, 9.17) is 5.73 Å². The van der Waals surface area contributed by atoms with Crippen molar-refractivity contribution in [1.82, 2.24) is 10.6 Å². The van der Waals surface area contributed by atoms with Crippen molar-refractivity contribution in [1.29, 1.82) is 0 Å². The lowest BCUT2D eigenvalue weighted by atomic mass is 9.94. The molecule has 0 aromatic heterocycles. The molecule has 1 aromatic rings. The number of piperidine rings is 1. The van der Waals surface area contributed by atoms with Gasteiger partial charge in [-0.1, -0.05) is 6.07 Å². The summed E-state index contributed by atoms with van der Waals surface area (Å²) in [5.74, 6) is 0.0472. The fourth-order valence-corrected chi connectivity index (χ4v) is 2.80. The van der Waals surface area contributed by atoms with Crippen LogP contribution < -0.4 is 16.4 Å². The Morgan fingerprint density at radius 1 is 1.27 bits per heavy atom. The van der Waals surface area contributed by atoms with Crippen LogP contribution in [0, 0.1) is 12.8 Å². The largest absolute Gasteiger partial charge is 0.366 e. The summed E-state index contributed by atoms with van der Waals surface area (Å²) in [6.07, 6.45) is 3.35. The second kappa shape index (κ2) is 8.76. The lowest BCUT2D eigenvalue weighted by Crippen LogP contribution is -2.31. The van der Waals surface area contributed by atoms with E-state index in [-0.39, 0.29) is 18.3 Å². The van der Waals surface area contributed by atoms with Crippen LogP contribution in [-0.2, 0) is 0 Å². The van der Waals surface area contributed by atoms with Gasteiger partial charge in [0.1, 0.15) is 0 Å². The van der Waals surface area contributed by atoms with E-state index in [0.29, 0.717) is 29.2 Å². The van der Waals surface area contributed by atoms with Gasteiger partial charge in [0.25, 0.3) is 5.91 Å². The molecule has 22 heavy (non-hydrogen) atoms. The number of benzene rings is 1. The second-order valence-corrected chi connectivity index (χ2v) is 5.58. The van der Waals surface area contributed by atoms with Gasteiger partial charge in [-0.25, -0.2) is 0 Å². The van der Waals surface area contributed by atoms with Gasteiger partial charge in [-0.05, 0) is 62.9 Å². The molecular formula is C16H24ClN3O2. The molecule has 1 aliphatic heterocycles. The van der Waals surface area contributed by atoms with Crippen LogP contribution in [0.5, 0.6) is 0 Å². The average molecular weight is 326 g/mol. The Hall–Kier alpha value is -1.59. The third-order valence-corrected chi connectivity index (χ3v) is 4.14. The van der Waals surface area contributed by atoms with E-state index in [1.807, 2.05) is 0 Å². The molecule has 4 N–H and O–H groups in total. The maximum absolute atomic E-state index is 12.2. The van der Waals surface area contributed by atoms with Gasteiger partial charge in [0.2, 0.25) is 5.91 Å². The highest BCUT2D eigenvalue weighted by Crippen LogP contribution is 2.16. The number of halogens is 1. The molecule has 1 aromatic carbocycles. The zero-order chi connectivity index (χ0) is 15.2. The molecule has 1 aliphatic rings. The van der Waals surface area contributed by atoms with Gasteiger partial charge in [-0.2, -0.15) is 0 Å². The normalized spacial score (nSPS) is 15.0. The SMILES string of the molecule is Cc1c(C(N)=O)cccc1C(=O)NCCC1CCNCC1.Cl. The Morgan fingerprint density at radius 2 is 1.91 bits per heavy atom. The van der Waals surface area contributed by atoms with Crippen LogP contribution in [0.3, 0.4) is 0 Å². The van der Waals surface area contributed by atoms with Gasteiger partial charge in [-0.3, -0.25) is 9.59 Å². The van der Waals surface area contributed by atoms with Gasteiger partial charge in [-0.15, -0.1) is 12.4 Å².